The van der Waals surface area contributed by atoms with E-state index in [2.05, 4.69) is 10.4 Å². The minimum Gasteiger partial charge on any atom is -0.289 e. The van der Waals surface area contributed by atoms with E-state index in [1.54, 1.807) is 0 Å². The summed E-state index contributed by atoms with van der Waals surface area (Å²) in [5.41, 5.74) is 3.03. The average Bonchev–Trinajstić information content (AvgIpc) is 2.63. The first-order valence-corrected chi connectivity index (χ1v) is 6.13. The molecule has 0 radical (unpaired) electrons. The van der Waals surface area contributed by atoms with Crippen LogP contribution in [0.15, 0.2) is 0 Å². The zero-order chi connectivity index (χ0) is 10.7. The van der Waals surface area contributed by atoms with E-state index in [0.717, 1.165) is 23.7 Å². The summed E-state index contributed by atoms with van der Waals surface area (Å²) in [7, 11) is 2.04. The Balaban J connectivity index is 1.62. The molecule has 0 spiro atoms. The van der Waals surface area contributed by atoms with Crippen LogP contribution < -0.4 is 5.43 Å². The fraction of sp³-hybridized carbons (Fsp3) is 0.917. The molecule has 4 fully saturated rings. The van der Waals surface area contributed by atoms with Gasteiger partial charge >= 0.3 is 0 Å². The third-order valence-electron chi connectivity index (χ3n) is 4.68. The summed E-state index contributed by atoms with van der Waals surface area (Å²) in [6, 6.07) is 0.641. The summed E-state index contributed by atoms with van der Waals surface area (Å²) in [6.07, 6.45) is 2.84. The van der Waals surface area contributed by atoms with Crippen molar-refractivity contribution in [2.45, 2.75) is 32.7 Å². The Morgan fingerprint density at radius 1 is 1.33 bits per heavy atom. The molecule has 4 bridgehead atoms. The van der Waals surface area contributed by atoms with Crippen molar-refractivity contribution in [2.75, 3.05) is 7.05 Å². The summed E-state index contributed by atoms with van der Waals surface area (Å²) in [4.78, 5) is 11.6. The summed E-state index contributed by atoms with van der Waals surface area (Å²) in [5, 5.41) is 2.10. The van der Waals surface area contributed by atoms with Crippen LogP contribution in [0.5, 0.6) is 0 Å². The third-order valence-corrected chi connectivity index (χ3v) is 4.68. The first-order chi connectivity index (χ1) is 7.09. The van der Waals surface area contributed by atoms with Gasteiger partial charge in [0.05, 0.1) is 0 Å². The molecule has 0 saturated heterocycles. The minimum atomic E-state index is 0.0823. The molecule has 3 nitrogen and oxygen atoms in total. The Labute approximate surface area is 91.2 Å². The topological polar surface area (TPSA) is 32.3 Å². The smallest absolute Gasteiger partial charge is 0.236 e. The Kier molecular flexibility index (Phi) is 1.91. The molecule has 0 aliphatic heterocycles. The Morgan fingerprint density at radius 3 is 2.33 bits per heavy atom. The maximum absolute atomic E-state index is 11.6. The van der Waals surface area contributed by atoms with Gasteiger partial charge in [-0.2, -0.15) is 0 Å². The average molecular weight is 208 g/mol. The van der Waals surface area contributed by atoms with E-state index in [1.807, 2.05) is 20.9 Å². The SMILES string of the molecule is CC(C)C(=O)NN(C)C1C2CC3C(C2)C31. The molecule has 4 saturated carbocycles. The van der Waals surface area contributed by atoms with Crippen LogP contribution >= 0.6 is 0 Å². The molecule has 0 aromatic carbocycles. The second-order valence-electron chi connectivity index (χ2n) is 5.87. The minimum absolute atomic E-state index is 0.0823. The van der Waals surface area contributed by atoms with Crippen molar-refractivity contribution >= 4 is 5.91 Å². The quantitative estimate of drug-likeness (QED) is 0.708. The molecule has 0 aromatic rings. The van der Waals surface area contributed by atoms with E-state index in [4.69, 9.17) is 0 Å². The van der Waals surface area contributed by atoms with Crippen LogP contribution in [0.1, 0.15) is 26.7 Å². The van der Waals surface area contributed by atoms with Gasteiger partial charge in [0, 0.05) is 19.0 Å². The number of amides is 1. The molecule has 4 aliphatic rings. The van der Waals surface area contributed by atoms with Gasteiger partial charge in [0.15, 0.2) is 0 Å². The molecule has 0 aromatic heterocycles. The highest BCUT2D eigenvalue weighted by Crippen LogP contribution is 2.71. The van der Waals surface area contributed by atoms with Gasteiger partial charge in [-0.3, -0.25) is 10.2 Å². The number of hydrazine groups is 1. The monoisotopic (exact) mass is 208 g/mol. The fourth-order valence-corrected chi connectivity index (χ4v) is 3.99. The molecule has 3 unspecified atom stereocenters. The summed E-state index contributed by atoms with van der Waals surface area (Å²) in [5.74, 6) is 4.03. The van der Waals surface area contributed by atoms with Crippen molar-refractivity contribution in [3.63, 3.8) is 0 Å². The van der Waals surface area contributed by atoms with Crippen molar-refractivity contribution in [1.29, 1.82) is 0 Å². The van der Waals surface area contributed by atoms with Gasteiger partial charge in [-0.25, -0.2) is 5.01 Å². The lowest BCUT2D eigenvalue weighted by Crippen LogP contribution is -2.48. The zero-order valence-corrected chi connectivity index (χ0v) is 9.73. The Hall–Kier alpha value is -0.570. The predicted octanol–water partition coefficient (Wildman–Crippen LogP) is 1.26. The van der Waals surface area contributed by atoms with Crippen LogP contribution in [0, 0.1) is 29.6 Å². The Morgan fingerprint density at radius 2 is 1.93 bits per heavy atom. The predicted molar refractivity (Wildman–Crippen MR) is 57.7 cm³/mol. The number of nitrogens with zero attached hydrogens (tertiary/aromatic N) is 1. The molecule has 1 N–H and O–H groups in total. The number of carbonyl (C=O) groups excluding carboxylic acids is 1. The standard InChI is InChI=1S/C12H20N2O/c1-6(2)12(15)13-14(3)11-7-4-8-9(5-7)10(8)11/h6-11H,4-5H2,1-3H3,(H,13,15). The molecule has 4 rings (SSSR count). The van der Waals surface area contributed by atoms with Crippen LogP contribution in [0.4, 0.5) is 0 Å². The maximum Gasteiger partial charge on any atom is 0.236 e. The highest BCUT2D eigenvalue weighted by molar-refractivity contribution is 5.77. The lowest BCUT2D eigenvalue weighted by atomic mass is 10.1. The molecule has 0 heterocycles. The molecule has 84 valence electrons. The summed E-state index contributed by atoms with van der Waals surface area (Å²) < 4.78 is 0. The number of nitrogens with one attached hydrogen (secondary N) is 1. The molecular formula is C12H20N2O. The van der Waals surface area contributed by atoms with Crippen LogP contribution in [-0.4, -0.2) is 24.0 Å². The highest BCUT2D eigenvalue weighted by Gasteiger charge is 2.69. The lowest BCUT2D eigenvalue weighted by Gasteiger charge is -2.28. The van der Waals surface area contributed by atoms with Crippen LogP contribution in [0.2, 0.25) is 0 Å². The number of carbonyl (C=O) groups is 1. The van der Waals surface area contributed by atoms with Gasteiger partial charge in [-0.1, -0.05) is 13.8 Å². The van der Waals surface area contributed by atoms with E-state index >= 15 is 0 Å². The normalized spacial score (nSPS) is 45.3. The molecular weight excluding hydrogens is 188 g/mol. The van der Waals surface area contributed by atoms with Crippen molar-refractivity contribution in [3.05, 3.63) is 0 Å². The molecule has 3 heteroatoms. The van der Waals surface area contributed by atoms with Gasteiger partial charge in [0.25, 0.3) is 0 Å². The largest absolute Gasteiger partial charge is 0.289 e. The lowest BCUT2D eigenvalue weighted by molar-refractivity contribution is -0.129. The van der Waals surface area contributed by atoms with E-state index in [-0.39, 0.29) is 11.8 Å². The molecule has 15 heavy (non-hydrogen) atoms. The van der Waals surface area contributed by atoms with Crippen LogP contribution in [0.3, 0.4) is 0 Å². The van der Waals surface area contributed by atoms with Gasteiger partial charge in [0.1, 0.15) is 0 Å². The second-order valence-corrected chi connectivity index (χ2v) is 5.87. The number of hydrogen-bond donors (Lipinski definition) is 1. The van der Waals surface area contributed by atoms with Crippen molar-refractivity contribution in [1.82, 2.24) is 10.4 Å². The first kappa shape index (κ1) is 9.64. The van der Waals surface area contributed by atoms with Crippen molar-refractivity contribution < 1.29 is 4.79 Å². The van der Waals surface area contributed by atoms with Gasteiger partial charge in [-0.15, -0.1) is 0 Å². The second kappa shape index (κ2) is 2.97. The summed E-state index contributed by atoms with van der Waals surface area (Å²) >= 11 is 0. The molecule has 4 aliphatic carbocycles. The van der Waals surface area contributed by atoms with Gasteiger partial charge in [-0.05, 0) is 36.5 Å². The maximum atomic E-state index is 11.6. The van der Waals surface area contributed by atoms with E-state index in [9.17, 15) is 4.79 Å². The van der Waals surface area contributed by atoms with Gasteiger partial charge < -0.3 is 0 Å². The molecule has 3 atom stereocenters. The number of rotatable bonds is 3. The Bertz CT molecular complexity index is 288. The fourth-order valence-electron chi connectivity index (χ4n) is 3.99. The van der Waals surface area contributed by atoms with Crippen molar-refractivity contribution in [3.8, 4) is 0 Å². The zero-order valence-electron chi connectivity index (χ0n) is 9.73. The molecule has 1 amide bonds. The van der Waals surface area contributed by atoms with Gasteiger partial charge in [0.2, 0.25) is 5.91 Å². The van der Waals surface area contributed by atoms with E-state index in [1.165, 1.54) is 12.8 Å². The van der Waals surface area contributed by atoms with E-state index < -0.39 is 0 Å². The van der Waals surface area contributed by atoms with Crippen LogP contribution in [0.25, 0.3) is 0 Å². The van der Waals surface area contributed by atoms with Crippen molar-refractivity contribution in [2.24, 2.45) is 29.6 Å². The van der Waals surface area contributed by atoms with Crippen LogP contribution in [-0.2, 0) is 4.79 Å². The highest BCUT2D eigenvalue weighted by atomic mass is 16.2. The first-order valence-electron chi connectivity index (χ1n) is 6.13. The third kappa shape index (κ3) is 1.25. The number of hydrogen-bond acceptors (Lipinski definition) is 2. The summed E-state index contributed by atoms with van der Waals surface area (Å²) in [6.45, 7) is 3.88. The van der Waals surface area contributed by atoms with E-state index in [0.29, 0.717) is 6.04 Å².